The van der Waals surface area contributed by atoms with Gasteiger partial charge in [0.2, 0.25) is 5.88 Å². The average Bonchev–Trinajstić information content (AvgIpc) is 3.46. The van der Waals surface area contributed by atoms with Gasteiger partial charge < -0.3 is 24.7 Å². The molecule has 0 spiro atoms. The first kappa shape index (κ1) is 28.4. The molecule has 3 N–H and O–H groups in total. The van der Waals surface area contributed by atoms with Crippen molar-refractivity contribution in [3.63, 3.8) is 0 Å². The van der Waals surface area contributed by atoms with E-state index in [0.717, 1.165) is 24.3 Å². The number of carbonyl (C=O) groups is 1. The molecule has 6 rings (SSSR count). The molecule has 43 heavy (non-hydrogen) atoms. The summed E-state index contributed by atoms with van der Waals surface area (Å²) in [6.07, 6.45) is 3.17. The lowest BCUT2D eigenvalue weighted by Crippen LogP contribution is -2.37. The number of rotatable bonds is 8. The Hall–Kier alpha value is -4.69. The van der Waals surface area contributed by atoms with Gasteiger partial charge in [0.1, 0.15) is 23.1 Å². The van der Waals surface area contributed by atoms with Crippen molar-refractivity contribution in [1.29, 1.82) is 0 Å². The number of benzene rings is 2. The third-order valence-electron chi connectivity index (χ3n) is 7.59. The number of anilines is 3. The maximum Gasteiger partial charge on any atom is 0.293 e. The van der Waals surface area contributed by atoms with Crippen LogP contribution in [-0.4, -0.2) is 61.6 Å². The number of nitrogens with one attached hydrogen (secondary N) is 3. The molecule has 0 saturated carbocycles. The SMILES string of the molecule is CC1CN(c2ccccc2C(=O)NS(=O)(=O)c2ccc(NCC3CCOCC3)c([N+](=O)[O-])c2)c2cc3cc[nH]c3nc2O1. The number of fused-ring (bicyclic) bond motifs is 2. The molecule has 2 aromatic carbocycles. The molecule has 1 unspecified atom stereocenters. The minimum atomic E-state index is -4.46. The number of nitro groups is 1. The summed E-state index contributed by atoms with van der Waals surface area (Å²) in [7, 11) is -4.46. The zero-order chi connectivity index (χ0) is 30.1. The summed E-state index contributed by atoms with van der Waals surface area (Å²) in [5.74, 6) is -0.201. The van der Waals surface area contributed by atoms with E-state index in [1.54, 1.807) is 24.4 Å². The van der Waals surface area contributed by atoms with Gasteiger partial charge in [-0.2, -0.15) is 4.98 Å². The summed E-state index contributed by atoms with van der Waals surface area (Å²) in [5.41, 5.74) is 1.66. The highest BCUT2D eigenvalue weighted by atomic mass is 32.2. The van der Waals surface area contributed by atoms with Crippen LogP contribution in [0.15, 0.2) is 65.7 Å². The molecule has 0 radical (unpaired) electrons. The standard InChI is InChI=1S/C29H30N6O7S/c1-18-17-34(26-14-20-8-11-30-27(20)32-29(26)42-18)24-5-3-2-4-22(24)28(36)33-43(39,40)21-6-7-23(25(15-21)35(37)38)31-16-19-9-12-41-13-10-19/h2-8,11,14-15,18-19,31H,9-10,12-13,16-17H2,1H3,(H,30,32)(H,33,36). The van der Waals surface area contributed by atoms with Crippen LogP contribution in [-0.2, 0) is 14.8 Å². The number of para-hydroxylation sites is 1. The molecule has 1 amide bonds. The molecule has 1 atom stereocenters. The Morgan fingerprint density at radius 1 is 1.14 bits per heavy atom. The van der Waals surface area contributed by atoms with Gasteiger partial charge in [0.05, 0.1) is 27.6 Å². The van der Waals surface area contributed by atoms with Gasteiger partial charge in [0.15, 0.2) is 0 Å². The second-order valence-corrected chi connectivity index (χ2v) is 12.3. The molecule has 2 aliphatic heterocycles. The highest BCUT2D eigenvalue weighted by Gasteiger charge is 2.30. The van der Waals surface area contributed by atoms with Crippen LogP contribution in [0.4, 0.5) is 22.7 Å². The van der Waals surface area contributed by atoms with Crippen LogP contribution in [0.2, 0.25) is 0 Å². The highest BCUT2D eigenvalue weighted by Crippen LogP contribution is 2.40. The van der Waals surface area contributed by atoms with Gasteiger partial charge in [-0.05, 0) is 62.1 Å². The third kappa shape index (κ3) is 5.83. The van der Waals surface area contributed by atoms with E-state index in [0.29, 0.717) is 55.1 Å². The van der Waals surface area contributed by atoms with Crippen LogP contribution < -0.4 is 19.7 Å². The maximum absolute atomic E-state index is 13.5. The molecule has 4 aromatic rings. The van der Waals surface area contributed by atoms with Crippen molar-refractivity contribution in [2.75, 3.05) is 36.5 Å². The number of nitrogens with zero attached hydrogens (tertiary/aromatic N) is 3. The van der Waals surface area contributed by atoms with E-state index in [2.05, 4.69) is 20.0 Å². The zero-order valence-corrected chi connectivity index (χ0v) is 24.1. The summed E-state index contributed by atoms with van der Waals surface area (Å²) in [5, 5.41) is 15.8. The van der Waals surface area contributed by atoms with Gasteiger partial charge in [-0.1, -0.05) is 12.1 Å². The van der Waals surface area contributed by atoms with Crippen molar-refractivity contribution < 1.29 is 27.6 Å². The van der Waals surface area contributed by atoms with E-state index in [1.165, 1.54) is 18.2 Å². The number of aromatic amines is 1. The molecule has 2 aliphatic rings. The Kier molecular flexibility index (Phi) is 7.62. The van der Waals surface area contributed by atoms with Gasteiger partial charge in [0, 0.05) is 37.4 Å². The van der Waals surface area contributed by atoms with Gasteiger partial charge in [0.25, 0.3) is 21.6 Å². The summed E-state index contributed by atoms with van der Waals surface area (Å²) < 4.78 is 40.1. The fourth-order valence-corrected chi connectivity index (χ4v) is 6.35. The first-order valence-corrected chi connectivity index (χ1v) is 15.4. The predicted molar refractivity (Wildman–Crippen MR) is 159 cm³/mol. The molecule has 1 saturated heterocycles. The lowest BCUT2D eigenvalue weighted by molar-refractivity contribution is -0.384. The normalized spacial score (nSPS) is 17.2. The number of nitro benzene ring substituents is 1. The predicted octanol–water partition coefficient (Wildman–Crippen LogP) is 4.35. The third-order valence-corrected chi connectivity index (χ3v) is 8.92. The van der Waals surface area contributed by atoms with E-state index >= 15 is 0 Å². The van der Waals surface area contributed by atoms with E-state index < -0.39 is 31.4 Å². The maximum atomic E-state index is 13.5. The van der Waals surface area contributed by atoms with Crippen molar-refractivity contribution >= 4 is 49.7 Å². The number of amides is 1. The molecule has 14 heteroatoms. The number of hydrogen-bond acceptors (Lipinski definition) is 10. The van der Waals surface area contributed by atoms with Gasteiger partial charge in [-0.15, -0.1) is 0 Å². The summed E-state index contributed by atoms with van der Waals surface area (Å²) >= 11 is 0. The molecule has 224 valence electrons. The highest BCUT2D eigenvalue weighted by molar-refractivity contribution is 7.90. The summed E-state index contributed by atoms with van der Waals surface area (Å²) in [4.78, 5) is 33.8. The Morgan fingerprint density at radius 3 is 2.72 bits per heavy atom. The van der Waals surface area contributed by atoms with E-state index in [9.17, 15) is 23.3 Å². The van der Waals surface area contributed by atoms with Crippen LogP contribution in [0.25, 0.3) is 11.0 Å². The first-order valence-electron chi connectivity index (χ1n) is 13.9. The number of ether oxygens (including phenoxy) is 2. The van der Waals surface area contributed by atoms with Crippen molar-refractivity contribution in [2.45, 2.75) is 30.8 Å². The Balaban J connectivity index is 1.26. The van der Waals surface area contributed by atoms with Crippen molar-refractivity contribution in [3.8, 4) is 5.88 Å². The largest absolute Gasteiger partial charge is 0.471 e. The van der Waals surface area contributed by atoms with E-state index in [4.69, 9.17) is 9.47 Å². The lowest BCUT2D eigenvalue weighted by Gasteiger charge is -2.35. The van der Waals surface area contributed by atoms with E-state index in [1.807, 2.05) is 24.0 Å². The van der Waals surface area contributed by atoms with Gasteiger partial charge >= 0.3 is 0 Å². The Bertz CT molecular complexity index is 1800. The van der Waals surface area contributed by atoms with Crippen molar-refractivity contribution in [2.24, 2.45) is 5.92 Å². The van der Waals surface area contributed by atoms with Gasteiger partial charge in [-0.25, -0.2) is 13.1 Å². The molecule has 1 fully saturated rings. The topological polar surface area (TPSA) is 169 Å². The van der Waals surface area contributed by atoms with Crippen LogP contribution in [0, 0.1) is 16.0 Å². The molecular weight excluding hydrogens is 576 g/mol. The van der Waals surface area contributed by atoms with Crippen LogP contribution in [0.5, 0.6) is 5.88 Å². The monoisotopic (exact) mass is 606 g/mol. The number of sulfonamides is 1. The molecule has 0 aliphatic carbocycles. The molecule has 4 heterocycles. The van der Waals surface area contributed by atoms with Crippen LogP contribution in [0.3, 0.4) is 0 Å². The number of hydrogen-bond donors (Lipinski definition) is 3. The van der Waals surface area contributed by atoms with Crippen molar-refractivity contribution in [1.82, 2.24) is 14.7 Å². The fourth-order valence-electron chi connectivity index (χ4n) is 5.37. The summed E-state index contributed by atoms with van der Waals surface area (Å²) in [6.45, 7) is 4.03. The number of aromatic nitrogens is 2. The minimum Gasteiger partial charge on any atom is -0.471 e. The minimum absolute atomic E-state index is 0.101. The molecule has 13 nitrogen and oxygen atoms in total. The average molecular weight is 607 g/mol. The number of H-pyrrole nitrogens is 1. The van der Waals surface area contributed by atoms with E-state index in [-0.39, 0.29) is 17.4 Å². The second-order valence-electron chi connectivity index (χ2n) is 10.6. The lowest BCUT2D eigenvalue weighted by atomic mass is 10.0. The van der Waals surface area contributed by atoms with Crippen molar-refractivity contribution in [3.05, 3.63) is 76.5 Å². The van der Waals surface area contributed by atoms with Gasteiger partial charge in [-0.3, -0.25) is 14.9 Å². The molecule has 0 bridgehead atoms. The number of carbonyl (C=O) groups excluding carboxylic acids is 1. The second kappa shape index (κ2) is 11.5. The molecular formula is C29H30N6O7S. The molecule has 2 aromatic heterocycles. The van der Waals surface area contributed by atoms with Crippen LogP contribution in [0.1, 0.15) is 30.1 Å². The van der Waals surface area contributed by atoms with Crippen LogP contribution >= 0.6 is 0 Å². The first-order chi connectivity index (χ1) is 20.7. The summed E-state index contributed by atoms with van der Waals surface area (Å²) in [6, 6.07) is 13.9. The Morgan fingerprint density at radius 2 is 1.93 bits per heavy atom. The number of pyridine rings is 1. The quantitative estimate of drug-likeness (QED) is 0.194. The zero-order valence-electron chi connectivity index (χ0n) is 23.3. The smallest absolute Gasteiger partial charge is 0.293 e. The Labute approximate surface area is 247 Å². The fraction of sp³-hybridized carbons (Fsp3) is 0.310.